The molecule has 11 heteroatoms. The molecule has 0 fully saturated rings. The summed E-state index contributed by atoms with van der Waals surface area (Å²) < 4.78 is 42.8. The number of thiol groups is 1. The molecule has 0 aliphatic heterocycles. The number of hydrogen-bond donors (Lipinski definition) is 1. The van der Waals surface area contributed by atoms with Crippen molar-refractivity contribution in [3.05, 3.63) is 88.4 Å². The normalized spacial score (nSPS) is 12.7. The van der Waals surface area contributed by atoms with Crippen molar-refractivity contribution in [3.63, 3.8) is 0 Å². The maximum absolute atomic E-state index is 14.3. The zero-order valence-corrected chi connectivity index (χ0v) is 24.7. The van der Waals surface area contributed by atoms with E-state index in [1.807, 2.05) is 60.4 Å². The summed E-state index contributed by atoms with van der Waals surface area (Å²) in [6.45, 7) is 1.92. The van der Waals surface area contributed by atoms with Crippen LogP contribution in [0.5, 0.6) is 11.6 Å². The highest BCUT2D eigenvalue weighted by atomic mass is 32.2. The van der Waals surface area contributed by atoms with E-state index < -0.39 is 10.0 Å². The topological polar surface area (TPSA) is 88.2 Å². The van der Waals surface area contributed by atoms with Crippen LogP contribution in [0, 0.1) is 6.92 Å². The van der Waals surface area contributed by atoms with Crippen LogP contribution in [-0.4, -0.2) is 41.1 Å². The van der Waals surface area contributed by atoms with Gasteiger partial charge in [0.15, 0.2) is 11.4 Å². The Labute approximate surface area is 241 Å². The first-order valence-corrected chi connectivity index (χ1v) is 15.2. The smallest absolute Gasteiger partial charge is 0.269 e. The van der Waals surface area contributed by atoms with Gasteiger partial charge >= 0.3 is 0 Å². The molecule has 8 nitrogen and oxygen atoms in total. The van der Waals surface area contributed by atoms with Crippen molar-refractivity contribution in [1.29, 1.82) is 0 Å². The molecule has 0 saturated heterocycles. The molecule has 0 radical (unpaired) electrons. The van der Waals surface area contributed by atoms with Crippen LogP contribution < -0.4 is 9.47 Å². The third-order valence-electron chi connectivity index (χ3n) is 6.94. The van der Waals surface area contributed by atoms with Crippen molar-refractivity contribution in [2.24, 2.45) is 7.05 Å². The molecule has 6 rings (SSSR count). The van der Waals surface area contributed by atoms with E-state index in [-0.39, 0.29) is 10.1 Å². The van der Waals surface area contributed by atoms with Gasteiger partial charge in [0.1, 0.15) is 5.52 Å². The molecule has 5 aromatic heterocycles. The van der Waals surface area contributed by atoms with Gasteiger partial charge in [0.2, 0.25) is 0 Å². The molecule has 204 valence electrons. The second kappa shape index (κ2) is 9.99. The summed E-state index contributed by atoms with van der Waals surface area (Å²) >= 11 is 6.52. The number of rotatable bonds is 7. The molecule has 0 saturated carbocycles. The van der Waals surface area contributed by atoms with Gasteiger partial charge < -0.3 is 14.0 Å². The summed E-state index contributed by atoms with van der Waals surface area (Å²) in [5.74, 6) is 0.784. The lowest BCUT2D eigenvalue weighted by Gasteiger charge is -2.13. The quantitative estimate of drug-likeness (QED) is 0.222. The van der Waals surface area contributed by atoms with E-state index in [0.29, 0.717) is 39.4 Å². The summed E-state index contributed by atoms with van der Waals surface area (Å²) in [5.41, 5.74) is 4.53. The van der Waals surface area contributed by atoms with E-state index in [0.717, 1.165) is 21.5 Å². The number of nitrogens with zero attached hydrogens (tertiary/aromatic N) is 4. The van der Waals surface area contributed by atoms with E-state index in [1.165, 1.54) is 11.1 Å². The Hall–Kier alpha value is -3.80. The van der Waals surface area contributed by atoms with Gasteiger partial charge in [0.05, 0.1) is 35.6 Å². The van der Waals surface area contributed by atoms with Crippen LogP contribution in [0.3, 0.4) is 0 Å². The first kappa shape index (κ1) is 26.4. The predicted molar refractivity (Wildman–Crippen MR) is 161 cm³/mol. The van der Waals surface area contributed by atoms with Crippen LogP contribution >= 0.6 is 24.0 Å². The van der Waals surface area contributed by atoms with Gasteiger partial charge in [-0.05, 0) is 48.2 Å². The Bertz CT molecular complexity index is 1980. The average molecular weight is 591 g/mol. The molecule has 0 N–H and O–H groups in total. The van der Waals surface area contributed by atoms with Gasteiger partial charge in [0, 0.05) is 41.3 Å². The van der Waals surface area contributed by atoms with Gasteiger partial charge in [-0.3, -0.25) is 0 Å². The standard InChI is InChI=1S/C29H26N4O4S3/c1-17-7-9-18(10-8-17)40(34,35)33-22(21-16-32(2)23-15-24(36-3)29(37-4)31-26(21)23)14-20-19(11-12-30-28(20)33)27(38)25-6-5-13-39-25/h5-16,27,38H,1-4H3. The highest BCUT2D eigenvalue weighted by Crippen LogP contribution is 2.42. The molecule has 1 aromatic carbocycles. The van der Waals surface area contributed by atoms with Crippen molar-refractivity contribution < 1.29 is 17.9 Å². The van der Waals surface area contributed by atoms with Gasteiger partial charge in [-0.2, -0.15) is 12.6 Å². The van der Waals surface area contributed by atoms with Crippen molar-refractivity contribution in [2.45, 2.75) is 17.1 Å². The summed E-state index contributed by atoms with van der Waals surface area (Å²) in [5, 5.41) is 2.43. The maximum atomic E-state index is 14.3. The van der Waals surface area contributed by atoms with E-state index in [1.54, 1.807) is 48.9 Å². The number of aromatic nitrogens is 4. The zero-order valence-electron chi connectivity index (χ0n) is 22.2. The zero-order chi connectivity index (χ0) is 28.2. The fourth-order valence-electron chi connectivity index (χ4n) is 4.92. The Balaban J connectivity index is 1.70. The van der Waals surface area contributed by atoms with Crippen LogP contribution in [0.2, 0.25) is 0 Å². The molecule has 1 unspecified atom stereocenters. The Morgan fingerprint density at radius 3 is 2.50 bits per heavy atom. The van der Waals surface area contributed by atoms with Crippen molar-refractivity contribution >= 4 is 56.1 Å². The third kappa shape index (κ3) is 4.16. The minimum absolute atomic E-state index is 0.164. The van der Waals surface area contributed by atoms with E-state index in [4.69, 9.17) is 27.1 Å². The number of hydrogen-bond acceptors (Lipinski definition) is 8. The molecular weight excluding hydrogens is 565 g/mol. The molecule has 40 heavy (non-hydrogen) atoms. The van der Waals surface area contributed by atoms with Crippen LogP contribution in [0.15, 0.2) is 77.3 Å². The monoisotopic (exact) mass is 590 g/mol. The number of methoxy groups -OCH3 is 2. The van der Waals surface area contributed by atoms with E-state index in [9.17, 15) is 8.42 Å². The third-order valence-corrected chi connectivity index (χ3v) is 10.3. The molecular formula is C29H26N4O4S3. The van der Waals surface area contributed by atoms with Gasteiger partial charge in [-0.25, -0.2) is 22.4 Å². The van der Waals surface area contributed by atoms with Crippen molar-refractivity contribution in [2.75, 3.05) is 14.2 Å². The molecule has 1 atom stereocenters. The van der Waals surface area contributed by atoms with E-state index in [2.05, 4.69) is 4.98 Å². The summed E-state index contributed by atoms with van der Waals surface area (Å²) in [6, 6.07) is 16.4. The minimum atomic E-state index is -4.06. The molecule has 0 spiro atoms. The first-order valence-electron chi connectivity index (χ1n) is 12.4. The first-order chi connectivity index (χ1) is 19.2. The number of fused-ring (bicyclic) bond motifs is 2. The van der Waals surface area contributed by atoms with Crippen LogP contribution in [0.25, 0.3) is 33.3 Å². The number of benzene rings is 1. The minimum Gasteiger partial charge on any atom is -0.491 e. The summed E-state index contributed by atoms with van der Waals surface area (Å²) in [7, 11) is 0.888. The molecule has 0 amide bonds. The number of ether oxygens (including phenoxy) is 2. The fraction of sp³-hybridized carbons (Fsp3) is 0.172. The predicted octanol–water partition coefficient (Wildman–Crippen LogP) is 6.23. The fourth-order valence-corrected chi connectivity index (χ4v) is 7.61. The number of pyridine rings is 2. The van der Waals surface area contributed by atoms with Crippen LogP contribution in [-0.2, 0) is 17.1 Å². The van der Waals surface area contributed by atoms with Gasteiger partial charge in [-0.15, -0.1) is 11.3 Å². The second-order valence-electron chi connectivity index (χ2n) is 9.39. The average Bonchev–Trinajstić information content (AvgIpc) is 3.70. The lowest BCUT2D eigenvalue weighted by molar-refractivity contribution is 0.344. The SMILES string of the molecule is COc1cc2c(nc1OC)c(-c1cc3c(C(S)c4cccs4)ccnc3n1S(=O)(=O)c1ccc(C)cc1)cn2C. The highest BCUT2D eigenvalue weighted by Gasteiger charge is 2.29. The summed E-state index contributed by atoms with van der Waals surface area (Å²) in [6.07, 6.45) is 3.50. The lowest BCUT2D eigenvalue weighted by atomic mass is 10.1. The summed E-state index contributed by atoms with van der Waals surface area (Å²) in [4.78, 5) is 10.5. The van der Waals surface area contributed by atoms with Gasteiger partial charge in [0.25, 0.3) is 15.9 Å². The van der Waals surface area contributed by atoms with E-state index >= 15 is 0 Å². The molecule has 5 heterocycles. The molecule has 0 aliphatic rings. The largest absolute Gasteiger partial charge is 0.491 e. The second-order valence-corrected chi connectivity index (χ2v) is 12.7. The Kier molecular flexibility index (Phi) is 6.60. The Morgan fingerprint density at radius 1 is 1.05 bits per heavy atom. The number of thiophene rings is 1. The number of aryl methyl sites for hydroxylation is 2. The molecule has 0 bridgehead atoms. The Morgan fingerprint density at radius 2 is 1.82 bits per heavy atom. The molecule has 6 aromatic rings. The molecule has 0 aliphatic carbocycles. The van der Waals surface area contributed by atoms with Crippen molar-refractivity contribution in [1.82, 2.24) is 18.5 Å². The lowest BCUT2D eigenvalue weighted by Crippen LogP contribution is -2.15. The maximum Gasteiger partial charge on any atom is 0.269 e. The van der Waals surface area contributed by atoms with Crippen molar-refractivity contribution in [3.8, 4) is 22.9 Å². The van der Waals surface area contributed by atoms with Crippen LogP contribution in [0.1, 0.15) is 21.3 Å². The highest BCUT2D eigenvalue weighted by molar-refractivity contribution is 7.90. The van der Waals surface area contributed by atoms with Gasteiger partial charge in [-0.1, -0.05) is 23.8 Å². The van der Waals surface area contributed by atoms with Crippen LogP contribution in [0.4, 0.5) is 0 Å².